The molecular formula is C22H48NaO4P. The Labute approximate surface area is 193 Å². The van der Waals surface area contributed by atoms with Crippen molar-refractivity contribution in [2.75, 3.05) is 6.61 Å². The molecule has 166 valence electrons. The fraction of sp³-hybridized carbons (Fsp3) is 1.00. The Bertz CT molecular complexity index is 347. The third-order valence-electron chi connectivity index (χ3n) is 4.26. The molecule has 0 rings (SSSR count). The van der Waals surface area contributed by atoms with Gasteiger partial charge in [-0.25, -0.2) is 4.57 Å². The number of rotatable bonds is 18. The molecule has 0 aliphatic heterocycles. The summed E-state index contributed by atoms with van der Waals surface area (Å²) in [5.74, 6) is 0. The zero-order chi connectivity index (χ0) is 21.7. The maximum absolute atomic E-state index is 10.5. The summed E-state index contributed by atoms with van der Waals surface area (Å²) in [6.07, 6.45) is 20.7. The van der Waals surface area contributed by atoms with E-state index in [-0.39, 0.29) is 6.61 Å². The van der Waals surface area contributed by atoms with Gasteiger partial charge in [0, 0.05) is 0 Å². The Morgan fingerprint density at radius 2 is 0.929 bits per heavy atom. The Morgan fingerprint density at radius 3 is 1.18 bits per heavy atom. The summed E-state index contributed by atoms with van der Waals surface area (Å²) in [6.45, 7) is 9.18. The van der Waals surface area contributed by atoms with Crippen LogP contribution in [-0.4, -0.2) is 44.3 Å². The van der Waals surface area contributed by atoms with Crippen LogP contribution in [0.25, 0.3) is 0 Å². The molecule has 0 saturated heterocycles. The molecule has 0 aliphatic carbocycles. The van der Waals surface area contributed by atoms with E-state index >= 15 is 0 Å². The molecule has 0 atom stereocenters. The van der Waals surface area contributed by atoms with E-state index < -0.39 is 7.82 Å². The van der Waals surface area contributed by atoms with E-state index in [1.54, 1.807) is 0 Å². The number of unbranched alkanes of at least 4 members (excludes halogenated alkanes) is 15. The molecule has 0 fully saturated rings. The Hall–Kier alpha value is 1.11. The number of hydrogen-bond acceptors (Lipinski definition) is 2. The molecule has 0 aromatic carbocycles. The molecule has 0 aromatic rings. The van der Waals surface area contributed by atoms with Gasteiger partial charge in [-0.15, -0.1) is 0 Å². The van der Waals surface area contributed by atoms with Gasteiger partial charge in [0.25, 0.3) is 0 Å². The average Bonchev–Trinajstić information content (AvgIpc) is 2.55. The second-order valence-electron chi connectivity index (χ2n) is 9.63. The van der Waals surface area contributed by atoms with Gasteiger partial charge in [0.1, 0.15) is 0 Å². The van der Waals surface area contributed by atoms with E-state index in [2.05, 4.69) is 32.2 Å². The standard InChI is InChI=1S/C18H39O4P.C4H9.Na/c1-2-3-4-5-6-7-8-9-10-11-12-13-14-15-16-17-18-22-23(19,20)21;1-4(2)3;/h2-18H2,1H3,(H2,19,20,21);1-3H3;. The Kier molecular flexibility index (Phi) is 23.9. The van der Waals surface area contributed by atoms with E-state index in [4.69, 9.17) is 9.79 Å². The zero-order valence-electron chi connectivity index (χ0n) is 19.7. The van der Waals surface area contributed by atoms with Gasteiger partial charge in [-0.3, -0.25) is 4.52 Å². The summed E-state index contributed by atoms with van der Waals surface area (Å²) >= 11 is 1.31. The van der Waals surface area contributed by atoms with E-state index in [0.29, 0.717) is 2.66 Å². The van der Waals surface area contributed by atoms with Crippen molar-refractivity contribution in [3.63, 3.8) is 0 Å². The molecule has 0 unspecified atom stereocenters. The van der Waals surface area contributed by atoms with Crippen molar-refractivity contribution in [3.05, 3.63) is 0 Å². The minimum absolute atomic E-state index is 0.169. The van der Waals surface area contributed by atoms with Crippen LogP contribution in [0.5, 0.6) is 0 Å². The topological polar surface area (TPSA) is 66.8 Å². The third kappa shape index (κ3) is 41.5. The van der Waals surface area contributed by atoms with Gasteiger partial charge >= 0.3 is 59.2 Å². The van der Waals surface area contributed by atoms with Gasteiger partial charge < -0.3 is 9.79 Å². The molecule has 0 aromatic heterocycles. The van der Waals surface area contributed by atoms with Crippen molar-refractivity contribution in [1.82, 2.24) is 0 Å². The van der Waals surface area contributed by atoms with Gasteiger partial charge in [-0.2, -0.15) is 0 Å². The van der Waals surface area contributed by atoms with Crippen LogP contribution in [0.1, 0.15) is 130 Å². The predicted octanol–water partition coefficient (Wildman–Crippen LogP) is 7.73. The molecule has 0 heterocycles. The number of phosphoric acid groups is 1. The van der Waals surface area contributed by atoms with Gasteiger partial charge in [0.15, 0.2) is 0 Å². The molecule has 4 nitrogen and oxygen atoms in total. The van der Waals surface area contributed by atoms with Crippen LogP contribution in [-0.2, 0) is 9.09 Å². The first-order valence-corrected chi connectivity index (χ1v) is 14.3. The van der Waals surface area contributed by atoms with E-state index in [1.165, 1.54) is 111 Å². The first-order chi connectivity index (χ1) is 13.1. The van der Waals surface area contributed by atoms with Crippen LogP contribution < -0.4 is 0 Å². The maximum atomic E-state index is 10.5. The average molecular weight is 431 g/mol. The third-order valence-corrected chi connectivity index (χ3v) is 4.78. The van der Waals surface area contributed by atoms with Gasteiger partial charge in [-0.05, 0) is 6.42 Å². The molecule has 0 bridgehead atoms. The monoisotopic (exact) mass is 430 g/mol. The van der Waals surface area contributed by atoms with Crippen LogP contribution in [0.15, 0.2) is 0 Å². The Morgan fingerprint density at radius 1 is 0.679 bits per heavy atom. The van der Waals surface area contributed by atoms with Crippen LogP contribution in [0.3, 0.4) is 0 Å². The van der Waals surface area contributed by atoms with Crippen LogP contribution in [0.2, 0.25) is 2.66 Å². The summed E-state index contributed by atoms with van der Waals surface area (Å²) in [6, 6.07) is 0. The van der Waals surface area contributed by atoms with Crippen molar-refractivity contribution in [2.24, 2.45) is 0 Å². The fourth-order valence-corrected chi connectivity index (χ4v) is 3.20. The fourth-order valence-electron chi connectivity index (χ4n) is 2.83. The normalized spacial score (nSPS) is 12.0. The molecule has 0 aliphatic rings. The predicted molar refractivity (Wildman–Crippen MR) is 123 cm³/mol. The van der Waals surface area contributed by atoms with Crippen LogP contribution in [0, 0.1) is 0 Å². The molecular weight excluding hydrogens is 382 g/mol. The van der Waals surface area contributed by atoms with Gasteiger partial charge in [0.2, 0.25) is 0 Å². The molecule has 0 spiro atoms. The second-order valence-corrected chi connectivity index (χ2v) is 13.9. The SMILES string of the molecule is CCCCCCCCCCCCCCCCCCOP(=O)(O)O.C[C](C)(C)[Na]. The molecule has 0 radical (unpaired) electrons. The van der Waals surface area contributed by atoms with Crippen molar-refractivity contribution in [2.45, 2.75) is 133 Å². The molecule has 0 saturated carbocycles. The van der Waals surface area contributed by atoms with Crippen molar-refractivity contribution >= 4 is 35.8 Å². The molecule has 0 amide bonds. The first-order valence-electron chi connectivity index (χ1n) is 11.8. The van der Waals surface area contributed by atoms with Crippen LogP contribution >= 0.6 is 7.82 Å². The summed E-state index contributed by atoms with van der Waals surface area (Å²) < 4.78 is 15.5. The minimum atomic E-state index is -4.26. The van der Waals surface area contributed by atoms with Crippen molar-refractivity contribution < 1.29 is 18.9 Å². The van der Waals surface area contributed by atoms with Gasteiger partial charge in [-0.1, -0.05) is 103 Å². The van der Waals surface area contributed by atoms with Crippen LogP contribution in [0.4, 0.5) is 0 Å². The number of phosphoric ester groups is 1. The quantitative estimate of drug-likeness (QED) is 0.133. The van der Waals surface area contributed by atoms with E-state index in [9.17, 15) is 4.57 Å². The summed E-state index contributed by atoms with van der Waals surface area (Å²) in [7, 11) is -4.26. The van der Waals surface area contributed by atoms with E-state index in [1.807, 2.05) is 0 Å². The van der Waals surface area contributed by atoms with Crippen molar-refractivity contribution in [3.8, 4) is 0 Å². The van der Waals surface area contributed by atoms with E-state index in [0.717, 1.165) is 19.3 Å². The first kappa shape index (κ1) is 31.3. The summed E-state index contributed by atoms with van der Waals surface area (Å²) in [5, 5.41) is 0. The zero-order valence-corrected chi connectivity index (χ0v) is 22.6. The van der Waals surface area contributed by atoms with Gasteiger partial charge in [0.05, 0.1) is 6.61 Å². The molecule has 6 heteroatoms. The number of hydrogen-bond donors (Lipinski definition) is 2. The summed E-state index contributed by atoms with van der Waals surface area (Å²) in [5.41, 5.74) is 0. The Balaban J connectivity index is 0. The van der Waals surface area contributed by atoms with Crippen molar-refractivity contribution in [1.29, 1.82) is 0 Å². The second kappa shape index (κ2) is 21.3. The molecule has 28 heavy (non-hydrogen) atoms. The molecule has 2 N–H and O–H groups in total. The summed E-state index contributed by atoms with van der Waals surface area (Å²) in [4.78, 5) is 17.1.